The number of hydrogen-bond donors (Lipinski definition) is 1. The molecule has 0 saturated heterocycles. The third-order valence-electron chi connectivity index (χ3n) is 3.35. The first kappa shape index (κ1) is 13.2. The van der Waals surface area contributed by atoms with Gasteiger partial charge in [-0.3, -0.25) is 0 Å². The number of carboxylic acid groups (broad SMARTS) is 1. The standard InChI is InChI=1S/C16H14N2O3/c1-21-13-6-2-4-11(8-13)10-18-14(16(19)20)9-12-5-3-7-17-15(12)18/h2-9H,10H2,1H3,(H,19,20). The fourth-order valence-electron chi connectivity index (χ4n) is 2.38. The van der Waals surface area contributed by atoms with E-state index in [4.69, 9.17) is 4.74 Å². The molecule has 21 heavy (non-hydrogen) atoms. The van der Waals surface area contributed by atoms with Crippen LogP contribution in [0.3, 0.4) is 0 Å². The summed E-state index contributed by atoms with van der Waals surface area (Å²) in [7, 11) is 1.61. The zero-order valence-corrected chi connectivity index (χ0v) is 11.5. The molecule has 0 radical (unpaired) electrons. The predicted octanol–water partition coefficient (Wildman–Crippen LogP) is 2.79. The molecule has 0 spiro atoms. The van der Waals surface area contributed by atoms with Crippen molar-refractivity contribution < 1.29 is 14.6 Å². The van der Waals surface area contributed by atoms with Gasteiger partial charge in [-0.05, 0) is 35.9 Å². The number of fused-ring (bicyclic) bond motifs is 1. The number of nitrogens with zero attached hydrogens (tertiary/aromatic N) is 2. The van der Waals surface area contributed by atoms with E-state index in [1.165, 1.54) is 0 Å². The number of aromatic carboxylic acids is 1. The molecule has 3 aromatic rings. The van der Waals surface area contributed by atoms with Gasteiger partial charge in [0.05, 0.1) is 7.11 Å². The number of pyridine rings is 1. The number of aromatic nitrogens is 2. The van der Waals surface area contributed by atoms with Crippen LogP contribution in [0, 0.1) is 0 Å². The maximum absolute atomic E-state index is 11.4. The lowest BCUT2D eigenvalue weighted by atomic mass is 10.2. The van der Waals surface area contributed by atoms with E-state index in [1.54, 1.807) is 30.0 Å². The average molecular weight is 282 g/mol. The predicted molar refractivity (Wildman–Crippen MR) is 78.8 cm³/mol. The Labute approximate surface area is 121 Å². The number of rotatable bonds is 4. The maximum atomic E-state index is 11.4. The van der Waals surface area contributed by atoms with E-state index in [2.05, 4.69) is 4.98 Å². The topological polar surface area (TPSA) is 64.3 Å². The third kappa shape index (κ3) is 2.45. The minimum absolute atomic E-state index is 0.228. The van der Waals surface area contributed by atoms with E-state index in [0.717, 1.165) is 16.7 Å². The number of ether oxygens (including phenoxy) is 1. The Morgan fingerprint density at radius 2 is 2.14 bits per heavy atom. The summed E-state index contributed by atoms with van der Waals surface area (Å²) in [6.45, 7) is 0.430. The molecule has 0 amide bonds. The number of carboxylic acids is 1. The summed E-state index contributed by atoms with van der Waals surface area (Å²) in [5.74, 6) is -0.218. The Morgan fingerprint density at radius 3 is 2.90 bits per heavy atom. The molecule has 0 fully saturated rings. The van der Waals surface area contributed by atoms with Crippen molar-refractivity contribution >= 4 is 17.0 Å². The van der Waals surface area contributed by atoms with E-state index in [-0.39, 0.29) is 5.69 Å². The Morgan fingerprint density at radius 1 is 1.29 bits per heavy atom. The van der Waals surface area contributed by atoms with E-state index in [9.17, 15) is 9.90 Å². The summed E-state index contributed by atoms with van der Waals surface area (Å²) in [4.78, 5) is 15.7. The summed E-state index contributed by atoms with van der Waals surface area (Å²) in [5.41, 5.74) is 1.85. The first-order chi connectivity index (χ1) is 10.2. The molecular weight excluding hydrogens is 268 g/mol. The summed E-state index contributed by atoms with van der Waals surface area (Å²) >= 11 is 0. The average Bonchev–Trinajstić information content (AvgIpc) is 2.87. The van der Waals surface area contributed by atoms with Crippen LogP contribution >= 0.6 is 0 Å². The molecule has 1 aromatic carbocycles. The molecule has 2 heterocycles. The highest BCUT2D eigenvalue weighted by atomic mass is 16.5. The van der Waals surface area contributed by atoms with Gasteiger partial charge in [0.1, 0.15) is 17.1 Å². The van der Waals surface area contributed by atoms with Crippen LogP contribution in [0.2, 0.25) is 0 Å². The quantitative estimate of drug-likeness (QED) is 0.799. The van der Waals surface area contributed by atoms with Crippen molar-refractivity contribution in [3.63, 3.8) is 0 Å². The van der Waals surface area contributed by atoms with Gasteiger partial charge in [-0.1, -0.05) is 12.1 Å². The molecule has 0 bridgehead atoms. The van der Waals surface area contributed by atoms with E-state index >= 15 is 0 Å². The molecule has 0 aliphatic heterocycles. The summed E-state index contributed by atoms with van der Waals surface area (Å²) in [6, 6.07) is 12.9. The second-order valence-corrected chi connectivity index (χ2v) is 4.69. The molecule has 0 unspecified atom stereocenters. The fraction of sp³-hybridized carbons (Fsp3) is 0.125. The summed E-state index contributed by atoms with van der Waals surface area (Å²) in [6.07, 6.45) is 1.66. The van der Waals surface area contributed by atoms with E-state index in [0.29, 0.717) is 12.2 Å². The van der Waals surface area contributed by atoms with Crippen LogP contribution < -0.4 is 4.74 Å². The van der Waals surface area contributed by atoms with Gasteiger partial charge in [0, 0.05) is 18.1 Å². The van der Waals surface area contributed by atoms with Gasteiger partial charge >= 0.3 is 5.97 Å². The van der Waals surface area contributed by atoms with Crippen LogP contribution in [-0.2, 0) is 6.54 Å². The molecule has 3 rings (SSSR count). The number of methoxy groups -OCH3 is 1. The van der Waals surface area contributed by atoms with Crippen molar-refractivity contribution in [2.24, 2.45) is 0 Å². The van der Waals surface area contributed by atoms with Crippen molar-refractivity contribution in [2.45, 2.75) is 6.54 Å². The lowest BCUT2D eigenvalue weighted by Gasteiger charge is -2.09. The first-order valence-corrected chi connectivity index (χ1v) is 6.49. The Hall–Kier alpha value is -2.82. The molecular formula is C16H14N2O3. The lowest BCUT2D eigenvalue weighted by Crippen LogP contribution is -2.09. The van der Waals surface area contributed by atoms with Gasteiger partial charge in [-0.2, -0.15) is 0 Å². The number of carbonyl (C=O) groups is 1. The third-order valence-corrected chi connectivity index (χ3v) is 3.35. The van der Waals surface area contributed by atoms with Crippen molar-refractivity contribution in [3.05, 3.63) is 59.9 Å². The highest BCUT2D eigenvalue weighted by Crippen LogP contribution is 2.21. The van der Waals surface area contributed by atoms with Gasteiger partial charge in [0.25, 0.3) is 0 Å². The van der Waals surface area contributed by atoms with Crippen molar-refractivity contribution in [2.75, 3.05) is 7.11 Å². The molecule has 0 atom stereocenters. The Kier molecular flexibility index (Phi) is 3.31. The van der Waals surface area contributed by atoms with Gasteiger partial charge in [-0.15, -0.1) is 0 Å². The zero-order chi connectivity index (χ0) is 14.8. The summed E-state index contributed by atoms with van der Waals surface area (Å²) < 4.78 is 6.90. The Bertz CT molecular complexity index is 808. The monoisotopic (exact) mass is 282 g/mol. The molecule has 1 N–H and O–H groups in total. The summed E-state index contributed by atoms with van der Waals surface area (Å²) in [5, 5.41) is 10.2. The highest BCUT2D eigenvalue weighted by Gasteiger charge is 2.15. The normalized spacial score (nSPS) is 10.7. The van der Waals surface area contributed by atoms with Crippen molar-refractivity contribution in [3.8, 4) is 5.75 Å². The Balaban J connectivity index is 2.10. The minimum atomic E-state index is -0.962. The smallest absolute Gasteiger partial charge is 0.352 e. The van der Waals surface area contributed by atoms with Crippen LogP contribution in [0.15, 0.2) is 48.7 Å². The molecule has 2 aromatic heterocycles. The van der Waals surface area contributed by atoms with Crippen LogP contribution in [0.4, 0.5) is 0 Å². The maximum Gasteiger partial charge on any atom is 0.352 e. The molecule has 0 saturated carbocycles. The van der Waals surface area contributed by atoms with E-state index < -0.39 is 5.97 Å². The minimum Gasteiger partial charge on any atom is -0.497 e. The van der Waals surface area contributed by atoms with E-state index in [1.807, 2.05) is 30.3 Å². The van der Waals surface area contributed by atoms with Crippen LogP contribution in [-0.4, -0.2) is 27.7 Å². The highest BCUT2D eigenvalue weighted by molar-refractivity contribution is 5.93. The van der Waals surface area contributed by atoms with Crippen LogP contribution in [0.5, 0.6) is 5.75 Å². The zero-order valence-electron chi connectivity index (χ0n) is 11.5. The molecule has 5 heteroatoms. The number of benzene rings is 1. The fourth-order valence-corrected chi connectivity index (χ4v) is 2.38. The molecule has 0 aliphatic rings. The van der Waals surface area contributed by atoms with Gasteiger partial charge in [-0.25, -0.2) is 9.78 Å². The molecule has 5 nitrogen and oxygen atoms in total. The SMILES string of the molecule is COc1cccc(Cn2c(C(=O)O)cc3cccnc32)c1. The first-order valence-electron chi connectivity index (χ1n) is 6.49. The van der Waals surface area contributed by atoms with Gasteiger partial charge in [0.2, 0.25) is 0 Å². The van der Waals surface area contributed by atoms with Gasteiger partial charge < -0.3 is 14.4 Å². The van der Waals surface area contributed by atoms with Crippen molar-refractivity contribution in [1.82, 2.24) is 9.55 Å². The number of hydrogen-bond acceptors (Lipinski definition) is 3. The second kappa shape index (κ2) is 5.28. The lowest BCUT2D eigenvalue weighted by molar-refractivity contribution is 0.0686. The van der Waals surface area contributed by atoms with Crippen LogP contribution in [0.1, 0.15) is 16.1 Å². The van der Waals surface area contributed by atoms with Crippen molar-refractivity contribution in [1.29, 1.82) is 0 Å². The molecule has 106 valence electrons. The largest absolute Gasteiger partial charge is 0.497 e. The van der Waals surface area contributed by atoms with Gasteiger partial charge in [0.15, 0.2) is 0 Å². The van der Waals surface area contributed by atoms with Crippen LogP contribution in [0.25, 0.3) is 11.0 Å². The second-order valence-electron chi connectivity index (χ2n) is 4.69. The molecule has 0 aliphatic carbocycles.